The molecule has 31 heavy (non-hydrogen) atoms. The van der Waals surface area contributed by atoms with Gasteiger partial charge in [0.1, 0.15) is 5.82 Å². The number of anilines is 2. The van der Waals surface area contributed by atoms with Crippen molar-refractivity contribution < 1.29 is 9.18 Å². The van der Waals surface area contributed by atoms with Crippen LogP contribution in [-0.2, 0) is 6.42 Å². The van der Waals surface area contributed by atoms with Gasteiger partial charge in [0.2, 0.25) is 0 Å². The van der Waals surface area contributed by atoms with Gasteiger partial charge in [-0.15, -0.1) is 0 Å². The molecule has 1 amide bonds. The van der Waals surface area contributed by atoms with Crippen LogP contribution in [0.25, 0.3) is 0 Å². The summed E-state index contributed by atoms with van der Waals surface area (Å²) in [6, 6.07) is 11.4. The average Bonchev–Trinajstić information content (AvgIpc) is 2.78. The molecule has 1 aliphatic heterocycles. The Hall–Kier alpha value is -2.44. The van der Waals surface area contributed by atoms with Crippen LogP contribution in [0.3, 0.4) is 0 Å². The highest BCUT2D eigenvalue weighted by Gasteiger charge is 2.23. The van der Waals surface area contributed by atoms with Gasteiger partial charge in [-0.3, -0.25) is 4.79 Å². The minimum atomic E-state index is -0.297. The van der Waals surface area contributed by atoms with E-state index in [4.69, 9.17) is 5.73 Å². The molecule has 6 heteroatoms. The highest BCUT2D eigenvalue weighted by molar-refractivity contribution is 6.04. The molecule has 1 saturated heterocycles. The summed E-state index contributed by atoms with van der Waals surface area (Å²) >= 11 is 0. The molecule has 0 aromatic heterocycles. The number of carbonyl (C=O) groups excluding carboxylic acids is 1. The lowest BCUT2D eigenvalue weighted by atomic mass is 9.82. The molecule has 166 valence electrons. The number of nitrogens with two attached hydrogens (primary N) is 1. The lowest BCUT2D eigenvalue weighted by Crippen LogP contribution is -2.42. The Bertz CT molecular complexity index is 937. The van der Waals surface area contributed by atoms with Gasteiger partial charge in [0.15, 0.2) is 0 Å². The Labute approximate surface area is 184 Å². The van der Waals surface area contributed by atoms with E-state index in [2.05, 4.69) is 29.2 Å². The van der Waals surface area contributed by atoms with Gasteiger partial charge in [0, 0.05) is 30.4 Å². The molecule has 5 nitrogen and oxygen atoms in total. The Morgan fingerprint density at radius 1 is 1.16 bits per heavy atom. The number of carbonyl (C=O) groups is 1. The van der Waals surface area contributed by atoms with Gasteiger partial charge < -0.3 is 20.9 Å². The fraction of sp³-hybridized carbons (Fsp3) is 0.480. The third kappa shape index (κ3) is 4.75. The van der Waals surface area contributed by atoms with E-state index in [1.54, 1.807) is 12.1 Å². The molecular weight excluding hydrogens is 391 g/mol. The van der Waals surface area contributed by atoms with Crippen LogP contribution >= 0.6 is 0 Å². The number of aryl methyl sites for hydroxylation is 1. The zero-order valence-corrected chi connectivity index (χ0v) is 18.5. The first-order valence-corrected chi connectivity index (χ1v) is 11.3. The number of hydrogen-bond donors (Lipinski definition) is 2. The second kappa shape index (κ2) is 9.37. The molecule has 3 N–H and O–H groups in total. The smallest absolute Gasteiger partial charge is 0.255 e. The summed E-state index contributed by atoms with van der Waals surface area (Å²) in [5.41, 5.74) is 10.1. The second-order valence-electron chi connectivity index (χ2n) is 9.04. The van der Waals surface area contributed by atoms with Crippen LogP contribution in [0.1, 0.15) is 53.1 Å². The Morgan fingerprint density at radius 2 is 1.94 bits per heavy atom. The van der Waals surface area contributed by atoms with Crippen LogP contribution in [-0.4, -0.2) is 50.6 Å². The third-order valence-corrected chi connectivity index (χ3v) is 6.87. The van der Waals surface area contributed by atoms with Crippen molar-refractivity contribution in [3.63, 3.8) is 0 Å². The van der Waals surface area contributed by atoms with Crippen molar-refractivity contribution in [1.82, 2.24) is 4.90 Å². The van der Waals surface area contributed by atoms with Gasteiger partial charge in [-0.2, -0.15) is 0 Å². The Kier molecular flexibility index (Phi) is 6.58. The van der Waals surface area contributed by atoms with Crippen molar-refractivity contribution in [3.8, 4) is 0 Å². The van der Waals surface area contributed by atoms with Gasteiger partial charge in [0.25, 0.3) is 5.91 Å². The zero-order chi connectivity index (χ0) is 22.0. The van der Waals surface area contributed by atoms with E-state index in [1.807, 2.05) is 18.2 Å². The van der Waals surface area contributed by atoms with Crippen LogP contribution in [0.15, 0.2) is 36.4 Å². The van der Waals surface area contributed by atoms with E-state index in [0.717, 1.165) is 45.2 Å². The standard InChI is InChI=1S/C25H33FN4O/c1-29(2)21-10-12-30(13-11-21)24-9-8-20(15-23(24)26)28-25(31)18-7-6-17-4-3-5-19(16-27)22(17)14-18/h6-9,14-15,19,21H,3-5,10-13,16,27H2,1-2H3,(H,28,31). The molecule has 0 spiro atoms. The number of hydrogen-bond acceptors (Lipinski definition) is 4. The summed E-state index contributed by atoms with van der Waals surface area (Å²) in [6.07, 6.45) is 5.28. The van der Waals surface area contributed by atoms with Crippen molar-refractivity contribution in [1.29, 1.82) is 0 Å². The minimum Gasteiger partial charge on any atom is -0.369 e. The number of rotatable bonds is 5. The fourth-order valence-corrected chi connectivity index (χ4v) is 4.95. The first-order chi connectivity index (χ1) is 15.0. The summed E-state index contributed by atoms with van der Waals surface area (Å²) in [6.45, 7) is 2.27. The number of nitrogens with one attached hydrogen (secondary N) is 1. The maximum Gasteiger partial charge on any atom is 0.255 e. The molecule has 0 saturated carbocycles. The van der Waals surface area contributed by atoms with E-state index in [9.17, 15) is 9.18 Å². The Morgan fingerprint density at radius 3 is 2.61 bits per heavy atom. The van der Waals surface area contributed by atoms with E-state index in [0.29, 0.717) is 35.4 Å². The maximum absolute atomic E-state index is 14.8. The third-order valence-electron chi connectivity index (χ3n) is 6.87. The van der Waals surface area contributed by atoms with Gasteiger partial charge in [-0.05, 0) is 100 Å². The molecule has 1 aliphatic carbocycles. The highest BCUT2D eigenvalue weighted by atomic mass is 19.1. The summed E-state index contributed by atoms with van der Waals surface area (Å²) in [5, 5.41) is 2.86. The van der Waals surface area contributed by atoms with Crippen molar-refractivity contribution >= 4 is 17.3 Å². The van der Waals surface area contributed by atoms with Gasteiger partial charge >= 0.3 is 0 Å². The first kappa shape index (κ1) is 21.8. The SMILES string of the molecule is CN(C)C1CCN(c2ccc(NC(=O)c3ccc4c(c3)C(CN)CCC4)cc2F)CC1. The van der Waals surface area contributed by atoms with Crippen molar-refractivity contribution in [2.75, 3.05) is 43.9 Å². The summed E-state index contributed by atoms with van der Waals surface area (Å²) in [7, 11) is 4.19. The number of halogens is 1. The Balaban J connectivity index is 1.44. The number of amides is 1. The summed E-state index contributed by atoms with van der Waals surface area (Å²) in [4.78, 5) is 17.1. The normalized spacial score (nSPS) is 19.4. The fourth-order valence-electron chi connectivity index (χ4n) is 4.95. The van der Waals surface area contributed by atoms with Gasteiger partial charge in [-0.25, -0.2) is 4.39 Å². The largest absolute Gasteiger partial charge is 0.369 e. The molecule has 1 fully saturated rings. The molecule has 4 rings (SSSR count). The van der Waals surface area contributed by atoms with Crippen LogP contribution in [0.4, 0.5) is 15.8 Å². The minimum absolute atomic E-state index is 0.219. The van der Waals surface area contributed by atoms with E-state index in [1.165, 1.54) is 17.2 Å². The first-order valence-electron chi connectivity index (χ1n) is 11.3. The van der Waals surface area contributed by atoms with Gasteiger partial charge in [-0.1, -0.05) is 6.07 Å². The van der Waals surface area contributed by atoms with Crippen molar-refractivity contribution in [3.05, 3.63) is 58.9 Å². The topological polar surface area (TPSA) is 61.6 Å². The molecule has 2 aromatic carbocycles. The van der Waals surface area contributed by atoms with E-state index < -0.39 is 0 Å². The number of nitrogens with zero attached hydrogens (tertiary/aromatic N) is 2. The molecule has 2 aliphatic rings. The van der Waals surface area contributed by atoms with Crippen molar-refractivity contribution in [2.45, 2.75) is 44.1 Å². The van der Waals surface area contributed by atoms with Crippen LogP contribution in [0.5, 0.6) is 0 Å². The molecule has 0 bridgehead atoms. The van der Waals surface area contributed by atoms with Crippen molar-refractivity contribution in [2.24, 2.45) is 5.73 Å². The molecular formula is C25H33FN4O. The number of fused-ring (bicyclic) bond motifs is 1. The highest BCUT2D eigenvalue weighted by Crippen LogP contribution is 2.32. The second-order valence-corrected chi connectivity index (χ2v) is 9.04. The zero-order valence-electron chi connectivity index (χ0n) is 18.5. The average molecular weight is 425 g/mol. The molecule has 2 aromatic rings. The maximum atomic E-state index is 14.8. The van der Waals surface area contributed by atoms with Crippen LogP contribution in [0.2, 0.25) is 0 Å². The lowest BCUT2D eigenvalue weighted by molar-refractivity contribution is 0.102. The molecule has 0 radical (unpaired) electrons. The monoisotopic (exact) mass is 424 g/mol. The predicted molar refractivity (Wildman–Crippen MR) is 124 cm³/mol. The number of benzene rings is 2. The van der Waals surface area contributed by atoms with E-state index in [-0.39, 0.29) is 11.7 Å². The lowest BCUT2D eigenvalue weighted by Gasteiger charge is -2.36. The predicted octanol–water partition coefficient (Wildman–Crippen LogP) is 3.99. The summed E-state index contributed by atoms with van der Waals surface area (Å²) < 4.78 is 14.8. The quantitative estimate of drug-likeness (QED) is 0.762. The summed E-state index contributed by atoms with van der Waals surface area (Å²) in [5.74, 6) is -0.206. The number of piperidine rings is 1. The molecule has 1 unspecified atom stereocenters. The van der Waals surface area contributed by atoms with Crippen LogP contribution < -0.4 is 16.0 Å². The van der Waals surface area contributed by atoms with Gasteiger partial charge in [0.05, 0.1) is 5.69 Å². The van der Waals surface area contributed by atoms with E-state index >= 15 is 0 Å². The van der Waals surface area contributed by atoms with Crippen LogP contribution in [0, 0.1) is 5.82 Å². The molecule has 1 atom stereocenters. The molecule has 1 heterocycles.